The fourth-order valence-electron chi connectivity index (χ4n) is 3.71. The van der Waals surface area contributed by atoms with Gasteiger partial charge >= 0.3 is 6.09 Å². The number of anilines is 2. The highest BCUT2D eigenvalue weighted by Gasteiger charge is 2.31. The van der Waals surface area contributed by atoms with E-state index in [0.717, 1.165) is 30.5 Å². The molecule has 0 spiro atoms. The van der Waals surface area contributed by atoms with Gasteiger partial charge in [0.05, 0.1) is 5.69 Å². The van der Waals surface area contributed by atoms with Gasteiger partial charge in [0.25, 0.3) is 0 Å². The van der Waals surface area contributed by atoms with Crippen LogP contribution in [0.3, 0.4) is 0 Å². The van der Waals surface area contributed by atoms with E-state index in [9.17, 15) is 13.2 Å². The van der Waals surface area contributed by atoms with Gasteiger partial charge in [0.15, 0.2) is 5.82 Å². The highest BCUT2D eigenvalue weighted by atomic mass is 32.2. The highest BCUT2D eigenvalue weighted by molar-refractivity contribution is 7.90. The molecule has 4 rings (SSSR count). The van der Waals surface area contributed by atoms with E-state index in [0.29, 0.717) is 18.1 Å². The summed E-state index contributed by atoms with van der Waals surface area (Å²) in [6.45, 7) is 0.300. The second-order valence-corrected chi connectivity index (χ2v) is 9.07. The number of carbonyl (C=O) groups is 1. The Morgan fingerprint density at radius 3 is 2.93 bits per heavy atom. The van der Waals surface area contributed by atoms with Crippen molar-refractivity contribution >= 4 is 27.6 Å². The first-order valence-corrected chi connectivity index (χ1v) is 10.6. The van der Waals surface area contributed by atoms with Crippen LogP contribution in [0.25, 0.3) is 0 Å². The summed E-state index contributed by atoms with van der Waals surface area (Å²) in [6, 6.07) is 7.22. The van der Waals surface area contributed by atoms with Crippen molar-refractivity contribution in [1.82, 2.24) is 19.8 Å². The van der Waals surface area contributed by atoms with Crippen molar-refractivity contribution in [3.8, 4) is 0 Å². The third kappa shape index (κ3) is 3.57. The molecule has 0 radical (unpaired) electrons. The van der Waals surface area contributed by atoms with E-state index in [2.05, 4.69) is 20.2 Å². The zero-order chi connectivity index (χ0) is 19.9. The molecule has 1 amide bonds. The zero-order valence-corrected chi connectivity index (χ0v) is 16.5. The first-order valence-electron chi connectivity index (χ1n) is 9.15. The van der Waals surface area contributed by atoms with Gasteiger partial charge in [0.2, 0.25) is 10.0 Å². The maximum atomic E-state index is 12.2. The molecule has 1 fully saturated rings. The number of fused-ring (bicyclic) bond motifs is 1. The number of amides is 1. The maximum absolute atomic E-state index is 12.2. The number of rotatable bonds is 4. The number of hydrogen-bond acceptors (Lipinski definition) is 6. The molecule has 1 aliphatic heterocycles. The summed E-state index contributed by atoms with van der Waals surface area (Å²) in [4.78, 5) is 13.4. The SMILES string of the molecule is CN(C)C(=O)O[C@@H]1CC[C@H](c2cc(Nc3cccc4c3S(=O)(=O)NC4)n[nH]2)C1. The lowest BCUT2D eigenvalue weighted by Gasteiger charge is -2.16. The molecule has 0 unspecified atom stereocenters. The maximum Gasteiger partial charge on any atom is 0.409 e. The Bertz CT molecular complexity index is 1000. The van der Waals surface area contributed by atoms with Gasteiger partial charge in [0.1, 0.15) is 11.0 Å². The van der Waals surface area contributed by atoms with E-state index in [4.69, 9.17) is 4.74 Å². The predicted molar refractivity (Wildman–Crippen MR) is 103 cm³/mol. The number of sulfonamides is 1. The van der Waals surface area contributed by atoms with E-state index in [-0.39, 0.29) is 23.0 Å². The van der Waals surface area contributed by atoms with E-state index in [1.165, 1.54) is 4.90 Å². The molecule has 1 aliphatic carbocycles. The van der Waals surface area contributed by atoms with Gasteiger partial charge in [-0.05, 0) is 30.9 Å². The van der Waals surface area contributed by atoms with E-state index >= 15 is 0 Å². The Kier molecular flexibility index (Phi) is 4.76. The summed E-state index contributed by atoms with van der Waals surface area (Å²) in [7, 11) is -0.165. The van der Waals surface area contributed by atoms with Gasteiger partial charge in [0, 0.05) is 38.3 Å². The molecule has 0 saturated heterocycles. The molecule has 2 aromatic rings. The van der Waals surface area contributed by atoms with Crippen LogP contribution in [0.4, 0.5) is 16.3 Å². The molecule has 28 heavy (non-hydrogen) atoms. The Labute approximate surface area is 163 Å². The minimum Gasteiger partial charge on any atom is -0.446 e. The topological polar surface area (TPSA) is 116 Å². The summed E-state index contributed by atoms with van der Waals surface area (Å²) in [6.07, 6.45) is 2.01. The molecule has 1 aromatic carbocycles. The van der Waals surface area contributed by atoms with Gasteiger partial charge in [-0.2, -0.15) is 5.10 Å². The zero-order valence-electron chi connectivity index (χ0n) is 15.7. The van der Waals surface area contributed by atoms with Gasteiger partial charge in [-0.15, -0.1) is 0 Å². The minimum absolute atomic E-state index is 0.104. The van der Waals surface area contributed by atoms with Gasteiger partial charge in [-0.3, -0.25) is 5.10 Å². The van der Waals surface area contributed by atoms with Crippen molar-refractivity contribution in [3.05, 3.63) is 35.5 Å². The average molecular weight is 405 g/mol. The number of hydrogen-bond donors (Lipinski definition) is 3. The second-order valence-electron chi connectivity index (χ2n) is 7.36. The van der Waals surface area contributed by atoms with E-state index in [1.807, 2.05) is 12.1 Å². The van der Waals surface area contributed by atoms with Crippen molar-refractivity contribution < 1.29 is 17.9 Å². The minimum atomic E-state index is -3.49. The molecule has 150 valence electrons. The lowest BCUT2D eigenvalue weighted by molar-refractivity contribution is 0.0770. The van der Waals surface area contributed by atoms with Gasteiger partial charge < -0.3 is 15.0 Å². The molecule has 10 heteroatoms. The number of aromatic amines is 1. The molecule has 1 saturated carbocycles. The first kappa shape index (κ1) is 18.8. The number of ether oxygens (including phenoxy) is 1. The van der Waals surface area contributed by atoms with Crippen molar-refractivity contribution in [2.75, 3.05) is 19.4 Å². The van der Waals surface area contributed by atoms with Crippen LogP contribution < -0.4 is 10.0 Å². The molecular formula is C18H23N5O4S. The number of H-pyrrole nitrogens is 1. The number of aromatic nitrogens is 2. The van der Waals surface area contributed by atoms with Crippen molar-refractivity contribution in [1.29, 1.82) is 0 Å². The van der Waals surface area contributed by atoms with Crippen LogP contribution in [0.15, 0.2) is 29.2 Å². The summed E-state index contributed by atoms with van der Waals surface area (Å²) in [5.74, 6) is 0.772. The molecule has 2 atom stereocenters. The fourth-order valence-corrected chi connectivity index (χ4v) is 5.09. The molecule has 1 aromatic heterocycles. The summed E-state index contributed by atoms with van der Waals surface area (Å²) in [5, 5.41) is 10.4. The normalized spacial score (nSPS) is 22.6. The predicted octanol–water partition coefficient (Wildman–Crippen LogP) is 2.28. The highest BCUT2D eigenvalue weighted by Crippen LogP contribution is 2.37. The lowest BCUT2D eigenvalue weighted by atomic mass is 10.0. The van der Waals surface area contributed by atoms with Crippen LogP contribution >= 0.6 is 0 Å². The third-order valence-electron chi connectivity index (χ3n) is 5.14. The molecular weight excluding hydrogens is 382 g/mol. The number of nitrogens with one attached hydrogen (secondary N) is 3. The molecule has 3 N–H and O–H groups in total. The lowest BCUT2D eigenvalue weighted by Crippen LogP contribution is -2.26. The van der Waals surface area contributed by atoms with Crippen LogP contribution in [0.1, 0.15) is 36.4 Å². The van der Waals surface area contributed by atoms with Crippen molar-refractivity contribution in [3.63, 3.8) is 0 Å². The largest absolute Gasteiger partial charge is 0.446 e. The molecule has 2 heterocycles. The standard InChI is InChI=1S/C18H23N5O4S/c1-23(2)18(24)27-13-7-6-11(8-13)15-9-16(22-21-15)20-14-5-3-4-12-10-19-28(25,26)17(12)14/h3-5,9,11,13,19H,6-8,10H2,1-2H3,(H2,20,21,22)/t11-,13+/m0/s1. The Morgan fingerprint density at radius 1 is 1.32 bits per heavy atom. The molecule has 2 aliphatic rings. The second kappa shape index (κ2) is 7.10. The fraction of sp³-hybridized carbons (Fsp3) is 0.444. The summed E-state index contributed by atoms with van der Waals surface area (Å²) < 4.78 is 32.4. The smallest absolute Gasteiger partial charge is 0.409 e. The summed E-state index contributed by atoms with van der Waals surface area (Å²) in [5.41, 5.74) is 2.19. The Morgan fingerprint density at radius 2 is 2.14 bits per heavy atom. The van der Waals surface area contributed by atoms with Crippen LogP contribution in [-0.2, 0) is 21.3 Å². The number of nitrogens with zero attached hydrogens (tertiary/aromatic N) is 2. The number of carbonyl (C=O) groups excluding carboxylic acids is 1. The van der Waals surface area contributed by atoms with Crippen LogP contribution in [0.2, 0.25) is 0 Å². The molecule has 0 bridgehead atoms. The van der Waals surface area contributed by atoms with Crippen LogP contribution in [0.5, 0.6) is 0 Å². The van der Waals surface area contributed by atoms with Crippen LogP contribution in [0, 0.1) is 0 Å². The average Bonchev–Trinajstić information content (AvgIpc) is 3.35. The Hall–Kier alpha value is -2.59. The van der Waals surface area contributed by atoms with Gasteiger partial charge in [-0.1, -0.05) is 12.1 Å². The number of benzene rings is 1. The summed E-state index contributed by atoms with van der Waals surface area (Å²) >= 11 is 0. The van der Waals surface area contributed by atoms with Crippen molar-refractivity contribution in [2.45, 2.75) is 42.7 Å². The van der Waals surface area contributed by atoms with Gasteiger partial charge in [-0.25, -0.2) is 17.9 Å². The van der Waals surface area contributed by atoms with E-state index in [1.54, 1.807) is 26.2 Å². The molecule has 9 nitrogen and oxygen atoms in total. The Balaban J connectivity index is 1.46. The van der Waals surface area contributed by atoms with Crippen molar-refractivity contribution in [2.24, 2.45) is 0 Å². The van der Waals surface area contributed by atoms with E-state index < -0.39 is 10.0 Å². The third-order valence-corrected chi connectivity index (χ3v) is 6.68. The van der Waals surface area contributed by atoms with Crippen LogP contribution in [-0.4, -0.2) is 49.8 Å². The first-order chi connectivity index (χ1) is 13.3. The quantitative estimate of drug-likeness (QED) is 0.719. The monoisotopic (exact) mass is 405 g/mol.